The van der Waals surface area contributed by atoms with Crippen molar-refractivity contribution in [3.05, 3.63) is 68.3 Å². The van der Waals surface area contributed by atoms with Gasteiger partial charge in [-0.15, -0.1) is 0 Å². The Morgan fingerprint density at radius 1 is 1.24 bits per heavy atom. The maximum absolute atomic E-state index is 12.3. The van der Waals surface area contributed by atoms with Gasteiger partial charge in [-0.2, -0.15) is 0 Å². The molecule has 0 aromatic heterocycles. The van der Waals surface area contributed by atoms with Crippen molar-refractivity contribution >= 4 is 40.1 Å². The lowest BCUT2D eigenvalue weighted by atomic mass is 10.1. The van der Waals surface area contributed by atoms with Crippen molar-refractivity contribution in [2.45, 2.75) is 25.8 Å². The van der Waals surface area contributed by atoms with Gasteiger partial charge >= 0.3 is 0 Å². The fourth-order valence-electron chi connectivity index (χ4n) is 2.07. The van der Waals surface area contributed by atoms with E-state index in [0.29, 0.717) is 10.6 Å². The Kier molecular flexibility index (Phi) is 6.06. The van der Waals surface area contributed by atoms with Crippen molar-refractivity contribution in [1.82, 2.24) is 5.32 Å². The molecule has 1 unspecified atom stereocenters. The first-order chi connectivity index (χ1) is 10.1. The number of hydrogen-bond acceptors (Lipinski definition) is 1. The number of aryl methyl sites for hydroxylation is 1. The van der Waals surface area contributed by atoms with Crippen molar-refractivity contribution in [3.8, 4) is 0 Å². The normalized spacial score (nSPS) is 12.0. The zero-order chi connectivity index (χ0) is 15.2. The molecule has 0 aliphatic rings. The van der Waals surface area contributed by atoms with Crippen molar-refractivity contribution in [3.63, 3.8) is 0 Å². The summed E-state index contributed by atoms with van der Waals surface area (Å²) in [5.41, 5.74) is 1.92. The van der Waals surface area contributed by atoms with Gasteiger partial charge in [-0.05, 0) is 66.1 Å². The highest BCUT2D eigenvalue weighted by molar-refractivity contribution is 14.1. The van der Waals surface area contributed by atoms with E-state index in [9.17, 15) is 4.79 Å². The highest BCUT2D eigenvalue weighted by Crippen LogP contribution is 2.18. The molecule has 4 heteroatoms. The Morgan fingerprint density at radius 2 is 1.95 bits per heavy atom. The second-order valence-corrected chi connectivity index (χ2v) is 6.62. The Hall–Kier alpha value is -1.07. The molecule has 2 aromatic rings. The van der Waals surface area contributed by atoms with Crippen LogP contribution in [0.5, 0.6) is 0 Å². The van der Waals surface area contributed by atoms with E-state index in [1.165, 1.54) is 5.56 Å². The molecule has 2 rings (SSSR count). The molecule has 0 aliphatic carbocycles. The third-order valence-electron chi connectivity index (χ3n) is 3.26. The maximum atomic E-state index is 12.3. The average Bonchev–Trinajstić information content (AvgIpc) is 2.48. The monoisotopic (exact) mass is 413 g/mol. The molecule has 0 fully saturated rings. The Balaban J connectivity index is 1.91. The van der Waals surface area contributed by atoms with E-state index in [4.69, 9.17) is 11.6 Å². The second kappa shape index (κ2) is 7.80. The summed E-state index contributed by atoms with van der Waals surface area (Å²) in [6.45, 7) is 2.03. The lowest BCUT2D eigenvalue weighted by molar-refractivity contribution is 0.0937. The lowest BCUT2D eigenvalue weighted by Crippen LogP contribution is -2.33. The molecule has 0 bridgehead atoms. The zero-order valence-corrected chi connectivity index (χ0v) is 14.7. The van der Waals surface area contributed by atoms with Gasteiger partial charge < -0.3 is 5.32 Å². The van der Waals surface area contributed by atoms with E-state index in [-0.39, 0.29) is 11.9 Å². The summed E-state index contributed by atoms with van der Waals surface area (Å²) in [7, 11) is 0. The summed E-state index contributed by atoms with van der Waals surface area (Å²) in [6, 6.07) is 15.8. The topological polar surface area (TPSA) is 29.1 Å². The predicted molar refractivity (Wildman–Crippen MR) is 95.9 cm³/mol. The van der Waals surface area contributed by atoms with E-state index < -0.39 is 0 Å². The first-order valence-electron chi connectivity index (χ1n) is 6.86. The second-order valence-electron chi connectivity index (χ2n) is 5.02. The Labute approximate surface area is 144 Å². The van der Waals surface area contributed by atoms with Gasteiger partial charge in [0.05, 0.1) is 5.56 Å². The van der Waals surface area contributed by atoms with Crippen LogP contribution in [0.15, 0.2) is 48.5 Å². The number of nitrogens with one attached hydrogen (secondary N) is 1. The van der Waals surface area contributed by atoms with Gasteiger partial charge in [0.15, 0.2) is 0 Å². The Morgan fingerprint density at radius 3 is 2.67 bits per heavy atom. The van der Waals surface area contributed by atoms with Crippen LogP contribution in [0.2, 0.25) is 5.02 Å². The first kappa shape index (κ1) is 16.3. The van der Waals surface area contributed by atoms with Gasteiger partial charge in [0.2, 0.25) is 0 Å². The summed E-state index contributed by atoms with van der Waals surface area (Å²) >= 11 is 8.11. The minimum absolute atomic E-state index is 0.0672. The van der Waals surface area contributed by atoms with Crippen molar-refractivity contribution in [2.75, 3.05) is 0 Å². The Bertz CT molecular complexity index is 615. The summed E-state index contributed by atoms with van der Waals surface area (Å²) in [5, 5.41) is 3.61. The van der Waals surface area contributed by atoms with Gasteiger partial charge in [0.1, 0.15) is 0 Å². The minimum Gasteiger partial charge on any atom is -0.350 e. The summed E-state index contributed by atoms with van der Waals surface area (Å²) in [4.78, 5) is 12.3. The van der Waals surface area contributed by atoms with Crippen LogP contribution in [0.1, 0.15) is 29.3 Å². The van der Waals surface area contributed by atoms with E-state index >= 15 is 0 Å². The van der Waals surface area contributed by atoms with Crippen molar-refractivity contribution in [1.29, 1.82) is 0 Å². The molecular weight excluding hydrogens is 397 g/mol. The van der Waals surface area contributed by atoms with Crippen LogP contribution < -0.4 is 5.32 Å². The third-order valence-corrected chi connectivity index (χ3v) is 4.44. The number of amides is 1. The largest absolute Gasteiger partial charge is 0.350 e. The van der Waals surface area contributed by atoms with Crippen LogP contribution in [-0.2, 0) is 6.42 Å². The molecule has 0 saturated heterocycles. The molecule has 0 spiro atoms. The van der Waals surface area contributed by atoms with Gasteiger partial charge in [-0.3, -0.25) is 4.79 Å². The van der Waals surface area contributed by atoms with Crippen LogP contribution in [-0.4, -0.2) is 11.9 Å². The minimum atomic E-state index is -0.0672. The SMILES string of the molecule is CC(CCc1ccccc1)NC(=O)c1cc(Cl)ccc1I. The highest BCUT2D eigenvalue weighted by atomic mass is 127. The molecule has 0 aliphatic heterocycles. The summed E-state index contributed by atoms with van der Waals surface area (Å²) in [5.74, 6) is -0.0672. The van der Waals surface area contributed by atoms with E-state index in [0.717, 1.165) is 16.4 Å². The van der Waals surface area contributed by atoms with Gasteiger partial charge in [-0.1, -0.05) is 41.9 Å². The molecule has 2 nitrogen and oxygen atoms in total. The average molecular weight is 414 g/mol. The van der Waals surface area contributed by atoms with Crippen LogP contribution >= 0.6 is 34.2 Å². The molecule has 1 atom stereocenters. The van der Waals surface area contributed by atoms with Crippen LogP contribution in [0, 0.1) is 3.57 Å². The van der Waals surface area contributed by atoms with E-state index in [2.05, 4.69) is 40.0 Å². The molecule has 0 radical (unpaired) electrons. The quantitative estimate of drug-likeness (QED) is 0.708. The number of benzene rings is 2. The van der Waals surface area contributed by atoms with Crippen molar-refractivity contribution in [2.24, 2.45) is 0 Å². The van der Waals surface area contributed by atoms with Crippen molar-refractivity contribution < 1.29 is 4.79 Å². The smallest absolute Gasteiger partial charge is 0.252 e. The molecule has 1 amide bonds. The number of rotatable bonds is 5. The maximum Gasteiger partial charge on any atom is 0.252 e. The van der Waals surface area contributed by atoms with Gasteiger partial charge in [0.25, 0.3) is 5.91 Å². The standard InChI is InChI=1S/C17H17ClINO/c1-12(7-8-13-5-3-2-4-6-13)20-17(21)15-11-14(18)9-10-16(15)19/h2-6,9-12H,7-8H2,1H3,(H,20,21). The van der Waals surface area contributed by atoms with Crippen LogP contribution in [0.3, 0.4) is 0 Å². The molecule has 21 heavy (non-hydrogen) atoms. The third kappa shape index (κ3) is 5.00. The van der Waals surface area contributed by atoms with Crippen LogP contribution in [0.4, 0.5) is 0 Å². The zero-order valence-electron chi connectivity index (χ0n) is 11.8. The molecule has 0 heterocycles. The summed E-state index contributed by atoms with van der Waals surface area (Å²) in [6.07, 6.45) is 1.86. The van der Waals surface area contributed by atoms with E-state index in [1.807, 2.05) is 31.2 Å². The lowest BCUT2D eigenvalue weighted by Gasteiger charge is -2.15. The first-order valence-corrected chi connectivity index (χ1v) is 8.32. The van der Waals surface area contributed by atoms with E-state index in [1.54, 1.807) is 12.1 Å². The molecule has 0 saturated carbocycles. The fraction of sp³-hybridized carbons (Fsp3) is 0.235. The molecular formula is C17H17ClINO. The molecule has 110 valence electrons. The predicted octanol–water partition coefficient (Wildman–Crippen LogP) is 4.70. The number of halogens is 2. The number of carbonyl (C=O) groups is 1. The fourth-order valence-corrected chi connectivity index (χ4v) is 2.83. The number of hydrogen-bond donors (Lipinski definition) is 1. The highest BCUT2D eigenvalue weighted by Gasteiger charge is 2.13. The molecule has 2 aromatic carbocycles. The molecule has 1 N–H and O–H groups in total. The van der Waals surface area contributed by atoms with Gasteiger partial charge in [-0.25, -0.2) is 0 Å². The number of carbonyl (C=O) groups excluding carboxylic acids is 1. The van der Waals surface area contributed by atoms with Gasteiger partial charge in [0, 0.05) is 14.6 Å². The van der Waals surface area contributed by atoms with Crippen LogP contribution in [0.25, 0.3) is 0 Å². The summed E-state index contributed by atoms with van der Waals surface area (Å²) < 4.78 is 0.907.